The molecule has 0 radical (unpaired) electrons. The van der Waals surface area contributed by atoms with Crippen molar-refractivity contribution in [2.24, 2.45) is 0 Å². The third-order valence-electron chi connectivity index (χ3n) is 2.87. The third-order valence-corrected chi connectivity index (χ3v) is 2.87. The summed E-state index contributed by atoms with van der Waals surface area (Å²) < 4.78 is 5.56. The zero-order valence-electron chi connectivity index (χ0n) is 10.6. The van der Waals surface area contributed by atoms with Gasteiger partial charge in [0.2, 0.25) is 5.91 Å². The highest BCUT2D eigenvalue weighted by Crippen LogP contribution is 2.04. The van der Waals surface area contributed by atoms with Crippen LogP contribution in [0, 0.1) is 12.3 Å². The van der Waals surface area contributed by atoms with Gasteiger partial charge in [-0.1, -0.05) is 0 Å². The van der Waals surface area contributed by atoms with Gasteiger partial charge in [-0.05, 0) is 12.8 Å². The number of likely N-dealkylation sites (N-methyl/N-ethyl adjacent to an activating group) is 1. The van der Waals surface area contributed by atoms with E-state index in [0.29, 0.717) is 13.0 Å². The summed E-state index contributed by atoms with van der Waals surface area (Å²) >= 11 is 0. The molecule has 96 valence electrons. The summed E-state index contributed by atoms with van der Waals surface area (Å²) in [6.07, 6.45) is 8.43. The fourth-order valence-corrected chi connectivity index (χ4v) is 1.84. The largest absolute Gasteiger partial charge is 0.374 e. The molecule has 1 saturated heterocycles. The van der Waals surface area contributed by atoms with E-state index in [1.165, 1.54) is 0 Å². The molecule has 1 aliphatic heterocycles. The van der Waals surface area contributed by atoms with Gasteiger partial charge in [-0.15, -0.1) is 12.3 Å². The molecule has 0 aromatic rings. The Morgan fingerprint density at radius 2 is 2.41 bits per heavy atom. The van der Waals surface area contributed by atoms with Crippen LogP contribution in [0.4, 0.5) is 0 Å². The first kappa shape index (κ1) is 14.0. The minimum Gasteiger partial charge on any atom is -0.374 e. The minimum atomic E-state index is 0.128. The number of hydrogen-bond acceptors (Lipinski definition) is 3. The van der Waals surface area contributed by atoms with E-state index in [1.807, 2.05) is 7.05 Å². The summed E-state index contributed by atoms with van der Waals surface area (Å²) in [6.45, 7) is 3.13. The number of amides is 1. The summed E-state index contributed by atoms with van der Waals surface area (Å²) in [5, 5.41) is 3.25. The molecule has 0 bridgehead atoms. The highest BCUT2D eigenvalue weighted by Gasteiger charge is 2.17. The van der Waals surface area contributed by atoms with Crippen LogP contribution in [0.5, 0.6) is 0 Å². The van der Waals surface area contributed by atoms with Gasteiger partial charge in [0.1, 0.15) is 0 Å². The summed E-state index contributed by atoms with van der Waals surface area (Å²) in [6, 6.07) is 0. The van der Waals surface area contributed by atoms with Crippen LogP contribution in [0.2, 0.25) is 0 Å². The van der Waals surface area contributed by atoms with Crippen LogP contribution >= 0.6 is 0 Å². The van der Waals surface area contributed by atoms with Crippen molar-refractivity contribution in [1.29, 1.82) is 0 Å². The Balaban J connectivity index is 2.15. The van der Waals surface area contributed by atoms with Gasteiger partial charge in [0, 0.05) is 39.5 Å². The number of hydrogen-bond donors (Lipinski definition) is 1. The number of nitrogens with zero attached hydrogens (tertiary/aromatic N) is 1. The quantitative estimate of drug-likeness (QED) is 0.545. The molecule has 1 aliphatic rings. The number of unbranched alkanes of at least 4 members (excludes halogenated alkanes) is 2. The smallest absolute Gasteiger partial charge is 0.222 e. The summed E-state index contributed by atoms with van der Waals surface area (Å²) in [5.74, 6) is 2.76. The zero-order valence-corrected chi connectivity index (χ0v) is 10.6. The lowest BCUT2D eigenvalue weighted by atomic mass is 10.2. The van der Waals surface area contributed by atoms with Crippen molar-refractivity contribution in [2.75, 3.05) is 33.3 Å². The van der Waals surface area contributed by atoms with E-state index >= 15 is 0 Å². The summed E-state index contributed by atoms with van der Waals surface area (Å²) in [4.78, 5) is 13.5. The first-order chi connectivity index (χ1) is 8.24. The predicted octanol–water partition coefficient (Wildman–Crippen LogP) is 0.627. The molecular formula is C13H22N2O2. The van der Waals surface area contributed by atoms with Crippen molar-refractivity contribution < 1.29 is 9.53 Å². The van der Waals surface area contributed by atoms with Crippen LogP contribution in [-0.4, -0.2) is 50.2 Å². The van der Waals surface area contributed by atoms with Crippen LogP contribution in [-0.2, 0) is 9.53 Å². The van der Waals surface area contributed by atoms with Gasteiger partial charge >= 0.3 is 0 Å². The topological polar surface area (TPSA) is 41.6 Å². The first-order valence-corrected chi connectivity index (χ1v) is 6.23. The Hall–Kier alpha value is -1.05. The predicted molar refractivity (Wildman–Crippen MR) is 67.5 cm³/mol. The van der Waals surface area contributed by atoms with E-state index in [1.54, 1.807) is 4.90 Å². The van der Waals surface area contributed by atoms with Crippen LogP contribution in [0.3, 0.4) is 0 Å². The Morgan fingerprint density at radius 1 is 1.59 bits per heavy atom. The van der Waals surface area contributed by atoms with E-state index in [0.717, 1.165) is 39.0 Å². The molecule has 4 nitrogen and oxygen atoms in total. The van der Waals surface area contributed by atoms with Crippen LogP contribution in [0.15, 0.2) is 0 Å². The van der Waals surface area contributed by atoms with Crippen molar-refractivity contribution in [3.63, 3.8) is 0 Å². The molecule has 0 saturated carbocycles. The maximum absolute atomic E-state index is 11.8. The second-order valence-electron chi connectivity index (χ2n) is 4.38. The molecule has 1 heterocycles. The third kappa shape index (κ3) is 5.71. The van der Waals surface area contributed by atoms with Crippen LogP contribution < -0.4 is 5.32 Å². The zero-order chi connectivity index (χ0) is 12.5. The maximum Gasteiger partial charge on any atom is 0.222 e. The summed E-state index contributed by atoms with van der Waals surface area (Å²) in [5.41, 5.74) is 0. The Bertz CT molecular complexity index is 267. The lowest BCUT2D eigenvalue weighted by molar-refractivity contribution is -0.132. The molecule has 0 aromatic heterocycles. The highest BCUT2D eigenvalue weighted by molar-refractivity contribution is 5.75. The first-order valence-electron chi connectivity index (χ1n) is 6.23. The number of rotatable bonds is 6. The van der Waals surface area contributed by atoms with Crippen molar-refractivity contribution >= 4 is 5.91 Å². The normalized spacial score (nSPS) is 19.6. The molecule has 0 aliphatic carbocycles. The van der Waals surface area contributed by atoms with Gasteiger partial charge in [-0.3, -0.25) is 4.79 Å². The second-order valence-corrected chi connectivity index (χ2v) is 4.38. The number of terminal acetylenes is 1. The van der Waals surface area contributed by atoms with Gasteiger partial charge in [-0.2, -0.15) is 0 Å². The molecule has 1 amide bonds. The molecule has 17 heavy (non-hydrogen) atoms. The summed E-state index contributed by atoms with van der Waals surface area (Å²) in [7, 11) is 1.83. The Labute approximate surface area is 104 Å². The van der Waals surface area contributed by atoms with E-state index in [2.05, 4.69) is 11.2 Å². The molecule has 1 unspecified atom stereocenters. The molecule has 1 N–H and O–H groups in total. The SMILES string of the molecule is C#CCCCCC(=O)N(C)CC1CNCCO1. The van der Waals surface area contributed by atoms with Gasteiger partial charge < -0.3 is 15.0 Å². The van der Waals surface area contributed by atoms with Crippen molar-refractivity contribution in [1.82, 2.24) is 10.2 Å². The molecule has 4 heteroatoms. The van der Waals surface area contributed by atoms with E-state index in [9.17, 15) is 4.79 Å². The number of morpholine rings is 1. The van der Waals surface area contributed by atoms with Gasteiger partial charge in [0.05, 0.1) is 12.7 Å². The number of carbonyl (C=O) groups excluding carboxylic acids is 1. The average molecular weight is 238 g/mol. The number of ether oxygens (including phenoxy) is 1. The van der Waals surface area contributed by atoms with Gasteiger partial charge in [0.15, 0.2) is 0 Å². The average Bonchev–Trinajstić information content (AvgIpc) is 2.35. The van der Waals surface area contributed by atoms with E-state index in [4.69, 9.17) is 11.2 Å². The lowest BCUT2D eigenvalue weighted by Gasteiger charge is -2.28. The van der Waals surface area contributed by atoms with Crippen molar-refractivity contribution in [3.05, 3.63) is 0 Å². The van der Waals surface area contributed by atoms with E-state index < -0.39 is 0 Å². The Morgan fingerprint density at radius 3 is 3.06 bits per heavy atom. The fourth-order valence-electron chi connectivity index (χ4n) is 1.84. The molecule has 1 rings (SSSR count). The van der Waals surface area contributed by atoms with E-state index in [-0.39, 0.29) is 12.0 Å². The fraction of sp³-hybridized carbons (Fsp3) is 0.769. The maximum atomic E-state index is 11.8. The second kappa shape index (κ2) is 8.10. The molecule has 0 aromatic carbocycles. The van der Waals surface area contributed by atoms with Gasteiger partial charge in [0.25, 0.3) is 0 Å². The lowest BCUT2D eigenvalue weighted by Crippen LogP contribution is -2.45. The number of carbonyl (C=O) groups is 1. The Kier molecular flexibility index (Phi) is 6.68. The molecular weight excluding hydrogens is 216 g/mol. The van der Waals surface area contributed by atoms with Crippen molar-refractivity contribution in [3.8, 4) is 12.3 Å². The standard InChI is InChI=1S/C13H22N2O2/c1-3-4-5-6-7-13(16)15(2)11-12-10-14-8-9-17-12/h1,12,14H,4-11H2,2H3. The highest BCUT2D eigenvalue weighted by atomic mass is 16.5. The molecule has 1 atom stereocenters. The van der Waals surface area contributed by atoms with Crippen molar-refractivity contribution in [2.45, 2.75) is 31.8 Å². The minimum absolute atomic E-state index is 0.128. The van der Waals surface area contributed by atoms with Crippen LogP contribution in [0.25, 0.3) is 0 Å². The van der Waals surface area contributed by atoms with Gasteiger partial charge in [-0.25, -0.2) is 0 Å². The van der Waals surface area contributed by atoms with Crippen LogP contribution in [0.1, 0.15) is 25.7 Å². The molecule has 0 spiro atoms. The number of nitrogens with one attached hydrogen (secondary N) is 1. The molecule has 1 fully saturated rings. The monoisotopic (exact) mass is 238 g/mol.